The first-order valence-corrected chi connectivity index (χ1v) is 5.69. The fraction of sp³-hybridized carbons (Fsp3) is 0.583. The average molecular weight is 223 g/mol. The van der Waals surface area contributed by atoms with Gasteiger partial charge in [0.15, 0.2) is 0 Å². The molecule has 0 aliphatic carbocycles. The summed E-state index contributed by atoms with van der Waals surface area (Å²) in [5.41, 5.74) is 6.86. The molecular weight excluding hydrogens is 202 g/mol. The van der Waals surface area contributed by atoms with E-state index in [1.807, 2.05) is 25.1 Å². The van der Waals surface area contributed by atoms with Crippen LogP contribution in [0.4, 0.5) is 0 Å². The predicted molar refractivity (Wildman–Crippen MR) is 64.8 cm³/mol. The molecule has 0 spiro atoms. The molecule has 2 unspecified atom stereocenters. The summed E-state index contributed by atoms with van der Waals surface area (Å²) in [4.78, 5) is 6.42. The van der Waals surface area contributed by atoms with Crippen molar-refractivity contribution >= 4 is 0 Å². The summed E-state index contributed by atoms with van der Waals surface area (Å²) in [7, 11) is 0. The molecular formula is C12H21N3O. The summed E-state index contributed by atoms with van der Waals surface area (Å²) in [5.74, 6) is 0. The van der Waals surface area contributed by atoms with E-state index in [0.29, 0.717) is 0 Å². The van der Waals surface area contributed by atoms with Crippen molar-refractivity contribution in [1.82, 2.24) is 9.88 Å². The van der Waals surface area contributed by atoms with E-state index in [0.717, 1.165) is 18.8 Å². The van der Waals surface area contributed by atoms with Crippen molar-refractivity contribution in [2.45, 2.75) is 32.5 Å². The molecule has 0 bridgehead atoms. The monoisotopic (exact) mass is 223 g/mol. The average Bonchev–Trinajstić information content (AvgIpc) is 2.29. The number of nitrogens with zero attached hydrogens (tertiary/aromatic N) is 2. The Hall–Kier alpha value is -0.970. The molecule has 3 N–H and O–H groups in total. The van der Waals surface area contributed by atoms with Gasteiger partial charge in [-0.1, -0.05) is 13.0 Å². The van der Waals surface area contributed by atoms with E-state index >= 15 is 0 Å². The van der Waals surface area contributed by atoms with Gasteiger partial charge in [0, 0.05) is 24.8 Å². The molecule has 90 valence electrons. The number of rotatable bonds is 6. The normalized spacial score (nSPS) is 15.1. The van der Waals surface area contributed by atoms with Crippen molar-refractivity contribution < 1.29 is 5.11 Å². The van der Waals surface area contributed by atoms with Crippen molar-refractivity contribution in [1.29, 1.82) is 0 Å². The van der Waals surface area contributed by atoms with Gasteiger partial charge in [-0.3, -0.25) is 9.88 Å². The quantitative estimate of drug-likeness (QED) is 0.742. The molecule has 1 rings (SSSR count). The third-order valence-corrected chi connectivity index (χ3v) is 2.76. The van der Waals surface area contributed by atoms with Gasteiger partial charge in [0.05, 0.1) is 12.3 Å². The van der Waals surface area contributed by atoms with Crippen LogP contribution in [0.25, 0.3) is 0 Å². The van der Waals surface area contributed by atoms with Crippen molar-refractivity contribution in [3.63, 3.8) is 0 Å². The van der Waals surface area contributed by atoms with Crippen molar-refractivity contribution in [2.75, 3.05) is 13.2 Å². The molecule has 1 aromatic rings. The molecule has 0 amide bonds. The van der Waals surface area contributed by atoms with Crippen LogP contribution in [0.15, 0.2) is 24.4 Å². The fourth-order valence-corrected chi connectivity index (χ4v) is 1.78. The van der Waals surface area contributed by atoms with Gasteiger partial charge in [0.2, 0.25) is 0 Å². The lowest BCUT2D eigenvalue weighted by molar-refractivity contribution is 0.105. The summed E-state index contributed by atoms with van der Waals surface area (Å²) < 4.78 is 0. The molecule has 0 radical (unpaired) electrons. The number of nitrogens with two attached hydrogens (primary N) is 1. The Labute approximate surface area is 97.1 Å². The van der Waals surface area contributed by atoms with Crippen LogP contribution in [0, 0.1) is 0 Å². The molecule has 0 saturated carbocycles. The van der Waals surface area contributed by atoms with E-state index in [1.165, 1.54) is 0 Å². The number of hydrogen-bond donors (Lipinski definition) is 2. The Morgan fingerprint density at radius 1 is 1.50 bits per heavy atom. The Morgan fingerprint density at radius 3 is 2.69 bits per heavy atom. The highest BCUT2D eigenvalue weighted by Crippen LogP contribution is 2.08. The Morgan fingerprint density at radius 2 is 2.25 bits per heavy atom. The van der Waals surface area contributed by atoms with Crippen LogP contribution < -0.4 is 5.73 Å². The minimum absolute atomic E-state index is 0.00740. The maximum absolute atomic E-state index is 9.33. The van der Waals surface area contributed by atoms with Gasteiger partial charge in [-0.15, -0.1) is 0 Å². The second-order valence-electron chi connectivity index (χ2n) is 3.99. The number of aliphatic hydroxyl groups is 1. The number of hydrogen-bond acceptors (Lipinski definition) is 4. The lowest BCUT2D eigenvalue weighted by Crippen LogP contribution is -2.48. The highest BCUT2D eigenvalue weighted by atomic mass is 16.3. The SMILES string of the molecule is CCN(Cc1ccccn1)C(CO)C(C)N. The molecule has 1 heterocycles. The summed E-state index contributed by atoms with van der Waals surface area (Å²) >= 11 is 0. The van der Waals surface area contributed by atoms with Gasteiger partial charge in [-0.2, -0.15) is 0 Å². The van der Waals surface area contributed by atoms with Crippen LogP contribution in [-0.2, 0) is 6.54 Å². The van der Waals surface area contributed by atoms with Crippen LogP contribution in [-0.4, -0.2) is 40.2 Å². The van der Waals surface area contributed by atoms with E-state index in [4.69, 9.17) is 5.73 Å². The van der Waals surface area contributed by atoms with Gasteiger partial charge in [-0.05, 0) is 25.6 Å². The number of pyridine rings is 1. The standard InChI is InChI=1S/C12H21N3O/c1-3-15(12(9-16)10(2)13)8-11-6-4-5-7-14-11/h4-7,10,12,16H,3,8-9,13H2,1-2H3. The second-order valence-corrected chi connectivity index (χ2v) is 3.99. The lowest BCUT2D eigenvalue weighted by atomic mass is 10.1. The molecule has 16 heavy (non-hydrogen) atoms. The first-order chi connectivity index (χ1) is 7.69. The van der Waals surface area contributed by atoms with Crippen LogP contribution >= 0.6 is 0 Å². The summed E-state index contributed by atoms with van der Waals surface area (Å²) in [5, 5.41) is 9.33. The molecule has 1 aromatic heterocycles. The first-order valence-electron chi connectivity index (χ1n) is 5.69. The number of likely N-dealkylation sites (N-methyl/N-ethyl adjacent to an activating group) is 1. The maximum Gasteiger partial charge on any atom is 0.0601 e. The van der Waals surface area contributed by atoms with E-state index in [9.17, 15) is 5.11 Å². The van der Waals surface area contributed by atoms with Gasteiger partial charge < -0.3 is 10.8 Å². The molecule has 4 heteroatoms. The van der Waals surface area contributed by atoms with E-state index in [1.54, 1.807) is 6.20 Å². The minimum atomic E-state index is -0.0475. The largest absolute Gasteiger partial charge is 0.395 e. The molecule has 0 saturated heterocycles. The van der Waals surface area contributed by atoms with Gasteiger partial charge in [0.1, 0.15) is 0 Å². The van der Waals surface area contributed by atoms with Gasteiger partial charge in [0.25, 0.3) is 0 Å². The molecule has 4 nitrogen and oxygen atoms in total. The predicted octanol–water partition coefficient (Wildman–Crippen LogP) is 0.612. The lowest BCUT2D eigenvalue weighted by Gasteiger charge is -2.31. The first kappa shape index (κ1) is 13.1. The fourth-order valence-electron chi connectivity index (χ4n) is 1.78. The molecule has 0 fully saturated rings. The molecule has 2 atom stereocenters. The van der Waals surface area contributed by atoms with Gasteiger partial charge >= 0.3 is 0 Å². The third kappa shape index (κ3) is 3.56. The summed E-state index contributed by atoms with van der Waals surface area (Å²) in [6, 6.07) is 5.80. The van der Waals surface area contributed by atoms with Crippen LogP contribution in [0.2, 0.25) is 0 Å². The second kappa shape index (κ2) is 6.58. The molecule has 0 aliphatic rings. The molecule has 0 aliphatic heterocycles. The smallest absolute Gasteiger partial charge is 0.0601 e. The van der Waals surface area contributed by atoms with Crippen molar-refractivity contribution in [2.24, 2.45) is 5.73 Å². The highest BCUT2D eigenvalue weighted by Gasteiger charge is 2.20. The summed E-state index contributed by atoms with van der Waals surface area (Å²) in [6.07, 6.45) is 1.78. The highest BCUT2D eigenvalue weighted by molar-refractivity contribution is 5.03. The molecule has 0 aromatic carbocycles. The minimum Gasteiger partial charge on any atom is -0.395 e. The van der Waals surface area contributed by atoms with E-state index in [2.05, 4.69) is 16.8 Å². The maximum atomic E-state index is 9.33. The summed E-state index contributed by atoms with van der Waals surface area (Å²) in [6.45, 7) is 5.64. The van der Waals surface area contributed by atoms with Crippen LogP contribution in [0.1, 0.15) is 19.5 Å². The van der Waals surface area contributed by atoms with Crippen molar-refractivity contribution in [3.05, 3.63) is 30.1 Å². The Balaban J connectivity index is 2.68. The van der Waals surface area contributed by atoms with Crippen LogP contribution in [0.5, 0.6) is 0 Å². The van der Waals surface area contributed by atoms with E-state index < -0.39 is 0 Å². The Kier molecular flexibility index (Phi) is 5.38. The number of aromatic nitrogens is 1. The van der Waals surface area contributed by atoms with Crippen molar-refractivity contribution in [3.8, 4) is 0 Å². The van der Waals surface area contributed by atoms with Gasteiger partial charge in [-0.25, -0.2) is 0 Å². The Bertz CT molecular complexity index is 290. The topological polar surface area (TPSA) is 62.4 Å². The third-order valence-electron chi connectivity index (χ3n) is 2.76. The zero-order chi connectivity index (χ0) is 12.0. The zero-order valence-corrected chi connectivity index (χ0v) is 10.0. The number of aliphatic hydroxyl groups excluding tert-OH is 1. The van der Waals surface area contributed by atoms with E-state index in [-0.39, 0.29) is 18.7 Å². The van der Waals surface area contributed by atoms with Crippen LogP contribution in [0.3, 0.4) is 0 Å². The zero-order valence-electron chi connectivity index (χ0n) is 10.0.